The highest BCUT2D eigenvalue weighted by Crippen LogP contribution is 2.35. The van der Waals surface area contributed by atoms with E-state index in [1.807, 2.05) is 12.1 Å². The Morgan fingerprint density at radius 3 is 3.00 bits per heavy atom. The fourth-order valence-corrected chi connectivity index (χ4v) is 2.33. The molecule has 0 saturated heterocycles. The predicted octanol–water partition coefficient (Wildman–Crippen LogP) is 3.34. The van der Waals surface area contributed by atoms with Crippen molar-refractivity contribution in [3.8, 4) is 5.75 Å². The summed E-state index contributed by atoms with van der Waals surface area (Å²) in [5.74, 6) is -4.42. The van der Waals surface area contributed by atoms with E-state index in [9.17, 15) is 13.6 Å². The maximum Gasteiger partial charge on any atom is 0.377 e. The first-order chi connectivity index (χ1) is 8.92. The van der Waals surface area contributed by atoms with Crippen LogP contribution in [0.2, 0.25) is 0 Å². The molecule has 0 N–H and O–H groups in total. The first-order valence-electron chi connectivity index (χ1n) is 5.92. The second kappa shape index (κ2) is 5.45. The summed E-state index contributed by atoms with van der Waals surface area (Å²) in [6.07, 6.45) is -1.00. The molecule has 1 aromatic rings. The summed E-state index contributed by atoms with van der Waals surface area (Å²) < 4.78 is 37.8. The van der Waals surface area contributed by atoms with Gasteiger partial charge >= 0.3 is 11.9 Å². The molecule has 19 heavy (non-hydrogen) atoms. The van der Waals surface area contributed by atoms with Crippen LogP contribution in [-0.4, -0.2) is 24.6 Å². The van der Waals surface area contributed by atoms with Gasteiger partial charge in [-0.05, 0) is 24.6 Å². The van der Waals surface area contributed by atoms with Gasteiger partial charge in [-0.3, -0.25) is 0 Å². The minimum Gasteiger partial charge on any atom is -0.490 e. The molecule has 0 spiro atoms. The Bertz CT molecular complexity index is 491. The summed E-state index contributed by atoms with van der Waals surface area (Å²) >= 11 is 3.29. The smallest absolute Gasteiger partial charge is 0.377 e. The van der Waals surface area contributed by atoms with Crippen molar-refractivity contribution in [3.63, 3.8) is 0 Å². The van der Waals surface area contributed by atoms with Crippen molar-refractivity contribution < 1.29 is 23.0 Å². The van der Waals surface area contributed by atoms with Gasteiger partial charge in [-0.25, -0.2) is 4.79 Å². The van der Waals surface area contributed by atoms with Gasteiger partial charge in [0.25, 0.3) is 0 Å². The van der Waals surface area contributed by atoms with Crippen LogP contribution in [0.1, 0.15) is 18.9 Å². The Kier molecular flexibility index (Phi) is 4.08. The molecule has 1 aromatic carbocycles. The van der Waals surface area contributed by atoms with Gasteiger partial charge in [-0.2, -0.15) is 8.78 Å². The third kappa shape index (κ3) is 3.23. The molecule has 104 valence electrons. The zero-order valence-electron chi connectivity index (χ0n) is 10.3. The molecule has 1 atom stereocenters. The summed E-state index contributed by atoms with van der Waals surface area (Å²) in [5.41, 5.74) is 0.868. The molecular weight excluding hydrogens is 322 g/mol. The van der Waals surface area contributed by atoms with E-state index in [0.29, 0.717) is 12.2 Å². The average molecular weight is 335 g/mol. The number of carbonyl (C=O) groups excluding carboxylic acids is 1. The van der Waals surface area contributed by atoms with E-state index in [2.05, 4.69) is 20.7 Å². The number of fused-ring (bicyclic) bond motifs is 1. The van der Waals surface area contributed by atoms with Crippen LogP contribution < -0.4 is 4.74 Å². The third-order valence-corrected chi connectivity index (χ3v) is 3.32. The van der Waals surface area contributed by atoms with Crippen LogP contribution in [0.5, 0.6) is 5.75 Å². The maximum atomic E-state index is 13.6. The molecule has 1 aliphatic rings. The van der Waals surface area contributed by atoms with Gasteiger partial charge in [0, 0.05) is 10.9 Å². The topological polar surface area (TPSA) is 35.5 Å². The van der Waals surface area contributed by atoms with E-state index in [0.717, 1.165) is 10.0 Å². The van der Waals surface area contributed by atoms with Gasteiger partial charge in [0.15, 0.2) is 0 Å². The Labute approximate surface area is 118 Å². The van der Waals surface area contributed by atoms with E-state index >= 15 is 0 Å². The molecule has 3 nitrogen and oxygen atoms in total. The van der Waals surface area contributed by atoms with Crippen molar-refractivity contribution in [1.82, 2.24) is 0 Å². The second-order valence-corrected chi connectivity index (χ2v) is 5.24. The molecule has 0 fully saturated rings. The number of halogens is 3. The van der Waals surface area contributed by atoms with E-state index in [1.54, 1.807) is 6.07 Å². The highest BCUT2D eigenvalue weighted by atomic mass is 79.9. The lowest BCUT2D eigenvalue weighted by Crippen LogP contribution is -2.36. The van der Waals surface area contributed by atoms with E-state index < -0.39 is 24.4 Å². The van der Waals surface area contributed by atoms with Crippen LogP contribution in [0, 0.1) is 0 Å². The fraction of sp³-hybridized carbons (Fsp3) is 0.462. The van der Waals surface area contributed by atoms with Gasteiger partial charge in [0.2, 0.25) is 0 Å². The van der Waals surface area contributed by atoms with Gasteiger partial charge in [-0.15, -0.1) is 0 Å². The minimum absolute atomic E-state index is 0.0624. The molecule has 0 aliphatic carbocycles. The summed E-state index contributed by atoms with van der Waals surface area (Å²) in [6.45, 7) is 1.43. The van der Waals surface area contributed by atoms with Crippen molar-refractivity contribution in [2.24, 2.45) is 0 Å². The monoisotopic (exact) mass is 334 g/mol. The first-order valence-corrected chi connectivity index (χ1v) is 6.72. The van der Waals surface area contributed by atoms with Crippen molar-refractivity contribution in [3.05, 3.63) is 28.2 Å². The zero-order chi connectivity index (χ0) is 14.0. The summed E-state index contributed by atoms with van der Waals surface area (Å²) in [4.78, 5) is 11.1. The van der Waals surface area contributed by atoms with E-state index in [1.165, 1.54) is 6.92 Å². The Morgan fingerprint density at radius 1 is 1.58 bits per heavy atom. The number of alkyl halides is 2. The summed E-state index contributed by atoms with van der Waals surface area (Å²) in [5, 5.41) is 0. The number of carbonyl (C=O) groups is 1. The summed E-state index contributed by atoms with van der Waals surface area (Å²) in [6, 6.07) is 5.38. The van der Waals surface area contributed by atoms with Crippen LogP contribution in [-0.2, 0) is 16.0 Å². The molecular formula is C13H13BrF2O3. The van der Waals surface area contributed by atoms with Crippen LogP contribution in [0.3, 0.4) is 0 Å². The molecule has 0 aromatic heterocycles. The largest absolute Gasteiger partial charge is 0.490 e. The fourth-order valence-electron chi connectivity index (χ4n) is 1.99. The number of ether oxygens (including phenoxy) is 2. The second-order valence-electron chi connectivity index (χ2n) is 4.33. The van der Waals surface area contributed by atoms with Crippen molar-refractivity contribution in [2.75, 3.05) is 6.61 Å². The molecule has 1 aliphatic heterocycles. The van der Waals surface area contributed by atoms with Crippen molar-refractivity contribution in [1.29, 1.82) is 0 Å². The quantitative estimate of drug-likeness (QED) is 0.792. The van der Waals surface area contributed by atoms with Crippen LogP contribution in [0.25, 0.3) is 0 Å². The molecule has 2 rings (SSSR count). The predicted molar refractivity (Wildman–Crippen MR) is 68.5 cm³/mol. The minimum atomic E-state index is -3.51. The lowest BCUT2D eigenvalue weighted by atomic mass is 10.0. The maximum absolute atomic E-state index is 13.6. The third-order valence-electron chi connectivity index (χ3n) is 2.83. The molecule has 0 radical (unpaired) electrons. The first kappa shape index (κ1) is 14.2. The van der Waals surface area contributed by atoms with Gasteiger partial charge in [0.05, 0.1) is 13.0 Å². The number of hydrogen-bond donors (Lipinski definition) is 0. The number of esters is 1. The molecule has 1 unspecified atom stereocenters. The lowest BCUT2D eigenvalue weighted by molar-refractivity contribution is -0.174. The highest BCUT2D eigenvalue weighted by molar-refractivity contribution is 9.10. The number of benzene rings is 1. The van der Waals surface area contributed by atoms with Crippen LogP contribution in [0.15, 0.2) is 22.7 Å². The molecule has 6 heteroatoms. The van der Waals surface area contributed by atoms with E-state index in [-0.39, 0.29) is 6.61 Å². The van der Waals surface area contributed by atoms with Crippen molar-refractivity contribution in [2.45, 2.75) is 31.8 Å². The van der Waals surface area contributed by atoms with Crippen LogP contribution in [0.4, 0.5) is 8.78 Å². The van der Waals surface area contributed by atoms with Gasteiger partial charge in [0.1, 0.15) is 11.9 Å². The number of hydrogen-bond acceptors (Lipinski definition) is 3. The molecule has 1 heterocycles. The normalized spacial score (nSPS) is 17.8. The van der Waals surface area contributed by atoms with Gasteiger partial charge < -0.3 is 9.47 Å². The van der Waals surface area contributed by atoms with Crippen molar-refractivity contribution >= 4 is 21.9 Å². The zero-order valence-corrected chi connectivity index (χ0v) is 11.9. The van der Waals surface area contributed by atoms with Crippen LogP contribution >= 0.6 is 15.9 Å². The molecule has 0 saturated carbocycles. The summed E-state index contributed by atoms with van der Waals surface area (Å²) in [7, 11) is 0. The Morgan fingerprint density at radius 2 is 2.32 bits per heavy atom. The molecule has 0 bridgehead atoms. The number of rotatable bonds is 4. The van der Waals surface area contributed by atoms with E-state index in [4.69, 9.17) is 4.74 Å². The Balaban J connectivity index is 2.02. The molecule has 0 amide bonds. The van der Waals surface area contributed by atoms with Gasteiger partial charge in [-0.1, -0.05) is 22.0 Å². The standard InChI is InChI=1S/C13H13BrF2O3/c1-2-18-12(17)13(15,16)7-10-5-8-3-4-9(14)6-11(8)19-10/h3-4,6,10H,2,5,7H2,1H3. The highest BCUT2D eigenvalue weighted by Gasteiger charge is 2.44. The average Bonchev–Trinajstić information content (AvgIpc) is 2.69. The lowest BCUT2D eigenvalue weighted by Gasteiger charge is -2.18. The SMILES string of the molecule is CCOC(=O)C(F)(F)CC1Cc2ccc(Br)cc2O1. The Hall–Kier alpha value is -1.17.